The van der Waals surface area contributed by atoms with Crippen LogP contribution >= 0.6 is 0 Å². The number of aliphatic hydroxyl groups is 2. The molecule has 2 aromatic heterocycles. The Hall–Kier alpha value is -1.81. The molecular weight excluding hydrogens is 314 g/mol. The summed E-state index contributed by atoms with van der Waals surface area (Å²) in [5, 5.41) is 20.6. The summed E-state index contributed by atoms with van der Waals surface area (Å²) in [5.41, 5.74) is 6.75. The minimum atomic E-state index is -1.11. The normalized spacial score (nSPS) is 27.2. The number of fused-ring (bicyclic) bond motifs is 1. The van der Waals surface area contributed by atoms with Gasteiger partial charge in [-0.25, -0.2) is 15.0 Å². The monoisotopic (exact) mass is 337 g/mol. The number of aromatic nitrogens is 4. The van der Waals surface area contributed by atoms with Gasteiger partial charge in [-0.2, -0.15) is 0 Å². The summed E-state index contributed by atoms with van der Waals surface area (Å²) < 4.78 is 12.9. The molecule has 0 radical (unpaired) electrons. The summed E-state index contributed by atoms with van der Waals surface area (Å²) >= 11 is 0. The van der Waals surface area contributed by atoms with E-state index in [0.29, 0.717) is 23.6 Å². The Labute approximate surface area is 139 Å². The van der Waals surface area contributed by atoms with E-state index in [1.54, 1.807) is 11.5 Å². The lowest BCUT2D eigenvalue weighted by Gasteiger charge is -2.16. The van der Waals surface area contributed by atoms with Crippen molar-refractivity contribution in [2.75, 3.05) is 18.9 Å². The van der Waals surface area contributed by atoms with Gasteiger partial charge in [0.15, 0.2) is 17.7 Å². The second kappa shape index (κ2) is 6.98. The summed E-state index contributed by atoms with van der Waals surface area (Å²) in [6.45, 7) is 4.61. The summed E-state index contributed by atoms with van der Waals surface area (Å²) in [7, 11) is 0. The van der Waals surface area contributed by atoms with E-state index in [1.807, 2.05) is 0 Å². The number of imidazole rings is 1. The van der Waals surface area contributed by atoms with Gasteiger partial charge in [-0.05, 0) is 13.3 Å². The average molecular weight is 337 g/mol. The number of nitrogens with zero attached hydrogens (tertiary/aromatic N) is 4. The number of aryl methyl sites for hydroxylation is 1. The smallest absolute Gasteiger partial charge is 0.167 e. The summed E-state index contributed by atoms with van der Waals surface area (Å²) in [5.74, 6) is 0.762. The average Bonchev–Trinajstić information content (AvgIpc) is 3.07. The fourth-order valence-corrected chi connectivity index (χ4v) is 2.78. The van der Waals surface area contributed by atoms with Crippen molar-refractivity contribution in [2.24, 2.45) is 0 Å². The molecule has 132 valence electrons. The van der Waals surface area contributed by atoms with Crippen molar-refractivity contribution in [2.45, 2.75) is 51.2 Å². The lowest BCUT2D eigenvalue weighted by molar-refractivity contribution is -0.0656. The molecule has 4 atom stereocenters. The van der Waals surface area contributed by atoms with Crippen LogP contribution in [0.25, 0.3) is 11.2 Å². The predicted octanol–water partition coefficient (Wildman–Crippen LogP) is 0.153. The molecule has 0 aliphatic carbocycles. The highest BCUT2D eigenvalue weighted by Gasteiger charge is 2.44. The minimum absolute atomic E-state index is 0.220. The van der Waals surface area contributed by atoms with Crippen LogP contribution in [0.5, 0.6) is 0 Å². The van der Waals surface area contributed by atoms with Gasteiger partial charge >= 0.3 is 0 Å². The first-order chi connectivity index (χ1) is 11.5. The number of rotatable bonds is 6. The van der Waals surface area contributed by atoms with E-state index in [1.165, 1.54) is 6.33 Å². The zero-order valence-electron chi connectivity index (χ0n) is 13.8. The number of anilines is 1. The largest absolute Gasteiger partial charge is 0.387 e. The SMILES string of the molecule is CCCCOC[C@H]1O[C@@H](n2cnc3c(N)nc(C)nc32)[C@H](O)[C@@H]1O. The Kier molecular flexibility index (Phi) is 4.95. The third kappa shape index (κ3) is 3.07. The number of ether oxygens (including phenoxy) is 2. The minimum Gasteiger partial charge on any atom is -0.387 e. The van der Waals surface area contributed by atoms with Gasteiger partial charge in [-0.15, -0.1) is 0 Å². The van der Waals surface area contributed by atoms with Crippen LogP contribution in [-0.4, -0.2) is 61.3 Å². The number of hydrogen-bond acceptors (Lipinski definition) is 8. The molecule has 1 fully saturated rings. The second-order valence-electron chi connectivity index (χ2n) is 5.95. The van der Waals surface area contributed by atoms with E-state index >= 15 is 0 Å². The fourth-order valence-electron chi connectivity index (χ4n) is 2.78. The van der Waals surface area contributed by atoms with Gasteiger partial charge in [0.2, 0.25) is 0 Å². The zero-order chi connectivity index (χ0) is 17.3. The molecule has 3 rings (SSSR count). The molecule has 9 nitrogen and oxygen atoms in total. The molecule has 0 spiro atoms. The van der Waals surface area contributed by atoms with Crippen molar-refractivity contribution in [3.63, 3.8) is 0 Å². The molecule has 0 aromatic carbocycles. The number of nitrogen functional groups attached to an aromatic ring is 1. The van der Waals surface area contributed by atoms with Crippen molar-refractivity contribution < 1.29 is 19.7 Å². The number of unbranched alkanes of at least 4 members (excludes halogenated alkanes) is 1. The molecule has 24 heavy (non-hydrogen) atoms. The standard InChI is InChI=1S/C15H23N5O4/c1-3-4-5-23-6-9-11(21)12(22)15(24-9)20-7-17-10-13(16)18-8(2)19-14(10)20/h7,9,11-12,15,21-22H,3-6H2,1-2H3,(H2,16,18,19)/t9-,11-,12-,15-/m1/s1. The van der Waals surface area contributed by atoms with Gasteiger partial charge in [-0.1, -0.05) is 13.3 Å². The summed E-state index contributed by atoms with van der Waals surface area (Å²) in [6.07, 6.45) is -0.126. The molecule has 0 bridgehead atoms. The van der Waals surface area contributed by atoms with E-state index in [-0.39, 0.29) is 12.4 Å². The van der Waals surface area contributed by atoms with Crippen molar-refractivity contribution in [3.05, 3.63) is 12.2 Å². The second-order valence-corrected chi connectivity index (χ2v) is 5.95. The summed E-state index contributed by atoms with van der Waals surface area (Å²) in [4.78, 5) is 12.6. The van der Waals surface area contributed by atoms with Crippen molar-refractivity contribution in [1.29, 1.82) is 0 Å². The lowest BCUT2D eigenvalue weighted by atomic mass is 10.1. The maximum atomic E-state index is 10.3. The van der Waals surface area contributed by atoms with Crippen molar-refractivity contribution in [1.82, 2.24) is 19.5 Å². The number of aliphatic hydroxyl groups excluding tert-OH is 2. The van der Waals surface area contributed by atoms with Crippen LogP contribution in [0.2, 0.25) is 0 Å². The van der Waals surface area contributed by atoms with E-state index in [2.05, 4.69) is 21.9 Å². The topological polar surface area (TPSA) is 129 Å². The Morgan fingerprint density at radius 1 is 1.33 bits per heavy atom. The quantitative estimate of drug-likeness (QED) is 0.636. The van der Waals surface area contributed by atoms with Gasteiger partial charge in [0.25, 0.3) is 0 Å². The van der Waals surface area contributed by atoms with Crippen LogP contribution in [0.15, 0.2) is 6.33 Å². The molecule has 1 aliphatic rings. The van der Waals surface area contributed by atoms with Crippen LogP contribution in [0, 0.1) is 6.92 Å². The first kappa shape index (κ1) is 17.0. The van der Waals surface area contributed by atoms with Crippen LogP contribution in [0.4, 0.5) is 5.82 Å². The molecule has 3 heterocycles. The third-order valence-corrected chi connectivity index (χ3v) is 4.10. The first-order valence-electron chi connectivity index (χ1n) is 8.09. The Balaban J connectivity index is 1.80. The molecule has 0 unspecified atom stereocenters. The van der Waals surface area contributed by atoms with E-state index < -0.39 is 24.5 Å². The number of nitrogens with two attached hydrogens (primary N) is 1. The van der Waals surface area contributed by atoms with Gasteiger partial charge < -0.3 is 25.4 Å². The maximum absolute atomic E-state index is 10.3. The van der Waals surface area contributed by atoms with E-state index in [0.717, 1.165) is 12.8 Å². The van der Waals surface area contributed by atoms with Gasteiger partial charge in [0.05, 0.1) is 12.9 Å². The Morgan fingerprint density at radius 3 is 2.88 bits per heavy atom. The van der Waals surface area contributed by atoms with E-state index in [9.17, 15) is 10.2 Å². The van der Waals surface area contributed by atoms with Crippen LogP contribution in [-0.2, 0) is 9.47 Å². The highest BCUT2D eigenvalue weighted by Crippen LogP contribution is 2.32. The molecule has 1 saturated heterocycles. The molecule has 1 aliphatic heterocycles. The van der Waals surface area contributed by atoms with Gasteiger partial charge in [0, 0.05) is 6.61 Å². The van der Waals surface area contributed by atoms with E-state index in [4.69, 9.17) is 15.2 Å². The van der Waals surface area contributed by atoms with Gasteiger partial charge in [0.1, 0.15) is 29.7 Å². The fraction of sp³-hybridized carbons (Fsp3) is 0.667. The summed E-state index contributed by atoms with van der Waals surface area (Å²) in [6, 6.07) is 0. The first-order valence-corrected chi connectivity index (χ1v) is 8.09. The van der Waals surface area contributed by atoms with Crippen LogP contribution in [0.1, 0.15) is 31.8 Å². The molecule has 0 saturated carbocycles. The molecule has 0 amide bonds. The van der Waals surface area contributed by atoms with Crippen LogP contribution < -0.4 is 5.73 Å². The van der Waals surface area contributed by atoms with Gasteiger partial charge in [-0.3, -0.25) is 4.57 Å². The zero-order valence-corrected chi connectivity index (χ0v) is 13.8. The molecule has 2 aromatic rings. The van der Waals surface area contributed by atoms with Crippen molar-refractivity contribution in [3.8, 4) is 0 Å². The van der Waals surface area contributed by atoms with Crippen LogP contribution in [0.3, 0.4) is 0 Å². The number of hydrogen-bond donors (Lipinski definition) is 3. The van der Waals surface area contributed by atoms with Crippen molar-refractivity contribution >= 4 is 17.0 Å². The Morgan fingerprint density at radius 2 is 2.12 bits per heavy atom. The molecule has 9 heteroatoms. The highest BCUT2D eigenvalue weighted by atomic mass is 16.6. The molecule has 4 N–H and O–H groups in total. The maximum Gasteiger partial charge on any atom is 0.167 e. The lowest BCUT2D eigenvalue weighted by Crippen LogP contribution is -2.33. The molecular formula is C15H23N5O4. The predicted molar refractivity (Wildman–Crippen MR) is 86.1 cm³/mol. The Bertz CT molecular complexity index is 706. The third-order valence-electron chi connectivity index (χ3n) is 4.10. The highest BCUT2D eigenvalue weighted by molar-refractivity contribution is 5.81.